The van der Waals surface area contributed by atoms with Crippen LogP contribution in [0.15, 0.2) is 41.6 Å². The van der Waals surface area contributed by atoms with Gasteiger partial charge in [-0.3, -0.25) is 14.7 Å². The van der Waals surface area contributed by atoms with Gasteiger partial charge in [-0.25, -0.2) is 0 Å². The summed E-state index contributed by atoms with van der Waals surface area (Å²) < 4.78 is 0.543. The first-order chi connectivity index (χ1) is 13.9. The number of carbonyl (C=O) groups excluding carboxylic acids is 1. The van der Waals surface area contributed by atoms with Gasteiger partial charge in [0.25, 0.3) is 5.91 Å². The summed E-state index contributed by atoms with van der Waals surface area (Å²) in [5.74, 6) is 0.229. The average molecular weight is 441 g/mol. The largest absolute Gasteiger partial charge is 0.507 e. The molecule has 1 saturated heterocycles. The van der Waals surface area contributed by atoms with Gasteiger partial charge in [0, 0.05) is 23.5 Å². The summed E-state index contributed by atoms with van der Waals surface area (Å²) in [5, 5.41) is 10.9. The SMILES string of the molecule is CC(C)(C)c1cc(C=C2SC(=S)N(Cc3cccnc3)C2=O)cc(C(C)(C)C)c1O. The Morgan fingerprint density at radius 3 is 2.23 bits per heavy atom. The molecule has 0 spiro atoms. The molecule has 4 nitrogen and oxygen atoms in total. The predicted octanol–water partition coefficient (Wildman–Crippen LogP) is 5.78. The lowest BCUT2D eigenvalue weighted by atomic mass is 9.78. The minimum Gasteiger partial charge on any atom is -0.507 e. The number of phenols is 1. The second-order valence-corrected chi connectivity index (χ2v) is 11.3. The van der Waals surface area contributed by atoms with Gasteiger partial charge in [0.2, 0.25) is 0 Å². The third-order valence-corrected chi connectivity index (χ3v) is 6.36. The normalized spacial score (nSPS) is 16.6. The average Bonchev–Trinajstić information content (AvgIpc) is 2.89. The lowest BCUT2D eigenvalue weighted by molar-refractivity contribution is -0.122. The van der Waals surface area contributed by atoms with Gasteiger partial charge >= 0.3 is 0 Å². The Bertz CT molecular complexity index is 981. The zero-order valence-corrected chi connectivity index (χ0v) is 19.9. The van der Waals surface area contributed by atoms with Gasteiger partial charge in [0.1, 0.15) is 10.1 Å². The molecular formula is C24H28N2O2S2. The van der Waals surface area contributed by atoms with Crippen molar-refractivity contribution in [1.29, 1.82) is 0 Å². The Labute approximate surface area is 188 Å². The molecule has 1 fully saturated rings. The topological polar surface area (TPSA) is 53.4 Å². The molecule has 1 amide bonds. The molecular weight excluding hydrogens is 412 g/mol. The molecule has 0 saturated carbocycles. The van der Waals surface area contributed by atoms with Crippen LogP contribution in [-0.2, 0) is 22.2 Å². The molecule has 3 rings (SSSR count). The standard InChI is InChI=1S/C24H28N2O2S2/c1-23(2,3)17-10-16(11-18(20(17)27)24(4,5)6)12-19-21(28)26(22(29)30-19)14-15-8-7-9-25-13-15/h7-13,27H,14H2,1-6H3. The number of aromatic nitrogens is 1. The van der Waals surface area contributed by atoms with Gasteiger partial charge in [-0.2, -0.15) is 0 Å². The summed E-state index contributed by atoms with van der Waals surface area (Å²) in [6.07, 6.45) is 5.33. The summed E-state index contributed by atoms with van der Waals surface area (Å²) in [5.41, 5.74) is 3.11. The van der Waals surface area contributed by atoms with Crippen LogP contribution in [0.25, 0.3) is 6.08 Å². The molecule has 6 heteroatoms. The first-order valence-corrected chi connectivity index (χ1v) is 11.1. The number of thiocarbonyl (C=S) groups is 1. The number of thioether (sulfide) groups is 1. The van der Waals surface area contributed by atoms with Crippen LogP contribution in [0, 0.1) is 0 Å². The number of aromatic hydroxyl groups is 1. The number of benzene rings is 1. The highest BCUT2D eigenvalue weighted by atomic mass is 32.2. The van der Waals surface area contributed by atoms with Crippen LogP contribution in [0.4, 0.5) is 0 Å². The smallest absolute Gasteiger partial charge is 0.266 e. The van der Waals surface area contributed by atoms with Gasteiger partial charge in [0.15, 0.2) is 0 Å². The van der Waals surface area contributed by atoms with Crippen LogP contribution in [0.5, 0.6) is 5.75 Å². The molecule has 0 unspecified atom stereocenters. The van der Waals surface area contributed by atoms with Crippen molar-refractivity contribution in [1.82, 2.24) is 9.88 Å². The van der Waals surface area contributed by atoms with E-state index in [9.17, 15) is 9.90 Å². The maximum Gasteiger partial charge on any atom is 0.266 e. The quantitative estimate of drug-likeness (QED) is 0.484. The summed E-state index contributed by atoms with van der Waals surface area (Å²) in [4.78, 5) is 19.3. The zero-order valence-electron chi connectivity index (χ0n) is 18.3. The lowest BCUT2D eigenvalue weighted by Crippen LogP contribution is -2.27. The Balaban J connectivity index is 2.00. The monoisotopic (exact) mass is 440 g/mol. The number of nitrogens with zero attached hydrogens (tertiary/aromatic N) is 2. The number of pyridine rings is 1. The van der Waals surface area contributed by atoms with E-state index in [1.165, 1.54) is 11.8 Å². The fourth-order valence-electron chi connectivity index (χ4n) is 3.35. The van der Waals surface area contributed by atoms with Crippen molar-refractivity contribution < 1.29 is 9.90 Å². The van der Waals surface area contributed by atoms with Crippen LogP contribution in [-0.4, -0.2) is 25.2 Å². The van der Waals surface area contributed by atoms with Crippen molar-refractivity contribution in [2.24, 2.45) is 0 Å². The van der Waals surface area contributed by atoms with Crippen molar-refractivity contribution >= 4 is 40.3 Å². The van der Waals surface area contributed by atoms with Crippen molar-refractivity contribution in [2.45, 2.75) is 58.9 Å². The van der Waals surface area contributed by atoms with Crippen molar-refractivity contribution in [3.63, 3.8) is 0 Å². The van der Waals surface area contributed by atoms with E-state index in [-0.39, 0.29) is 16.7 Å². The number of phenolic OH excluding ortho intramolecular Hbond substituents is 1. The fraction of sp³-hybridized carbons (Fsp3) is 0.375. The second kappa shape index (κ2) is 8.16. The Kier molecular flexibility index (Phi) is 6.12. The first kappa shape index (κ1) is 22.5. The van der Waals surface area contributed by atoms with E-state index < -0.39 is 0 Å². The van der Waals surface area contributed by atoms with Gasteiger partial charge < -0.3 is 5.11 Å². The summed E-state index contributed by atoms with van der Waals surface area (Å²) in [6, 6.07) is 7.72. The first-order valence-electron chi connectivity index (χ1n) is 9.90. The van der Waals surface area contributed by atoms with Crippen molar-refractivity contribution in [3.8, 4) is 5.75 Å². The third kappa shape index (κ3) is 4.76. The molecule has 1 aliphatic heterocycles. The molecule has 0 bridgehead atoms. The summed E-state index contributed by atoms with van der Waals surface area (Å²) in [6.45, 7) is 12.9. The maximum atomic E-state index is 13.0. The van der Waals surface area contributed by atoms with Crippen LogP contribution < -0.4 is 0 Å². The second-order valence-electron chi connectivity index (χ2n) is 9.59. The Morgan fingerprint density at radius 2 is 1.73 bits per heavy atom. The molecule has 2 aromatic rings. The van der Waals surface area contributed by atoms with Gasteiger partial charge in [-0.15, -0.1) is 0 Å². The fourth-order valence-corrected chi connectivity index (χ4v) is 4.60. The number of rotatable bonds is 3. The summed E-state index contributed by atoms with van der Waals surface area (Å²) >= 11 is 6.78. The molecule has 1 aromatic carbocycles. The number of hydrogen-bond acceptors (Lipinski definition) is 5. The molecule has 0 aliphatic carbocycles. The van der Waals surface area contributed by atoms with Crippen LogP contribution in [0.3, 0.4) is 0 Å². The molecule has 1 aliphatic rings. The Morgan fingerprint density at radius 1 is 1.13 bits per heavy atom. The molecule has 0 atom stereocenters. The predicted molar refractivity (Wildman–Crippen MR) is 128 cm³/mol. The molecule has 1 aromatic heterocycles. The van der Waals surface area contributed by atoms with Gasteiger partial charge in [0.05, 0.1) is 11.4 Å². The molecule has 0 radical (unpaired) electrons. The number of carbonyl (C=O) groups is 1. The van der Waals surface area contributed by atoms with E-state index in [2.05, 4.69) is 46.5 Å². The van der Waals surface area contributed by atoms with Gasteiger partial charge in [-0.05, 0) is 46.2 Å². The van der Waals surface area contributed by atoms with E-state index in [0.717, 1.165) is 22.3 Å². The van der Waals surface area contributed by atoms with Gasteiger partial charge in [-0.1, -0.05) is 71.6 Å². The van der Waals surface area contributed by atoms with E-state index in [1.807, 2.05) is 30.3 Å². The minimum atomic E-state index is -0.229. The Hall–Kier alpha value is -2.18. The highest BCUT2D eigenvalue weighted by Crippen LogP contribution is 2.41. The third-order valence-electron chi connectivity index (χ3n) is 4.98. The van der Waals surface area contributed by atoms with E-state index in [1.54, 1.807) is 17.3 Å². The highest BCUT2D eigenvalue weighted by molar-refractivity contribution is 8.26. The number of amides is 1. The zero-order chi connectivity index (χ0) is 22.3. The van der Waals surface area contributed by atoms with E-state index in [4.69, 9.17) is 12.2 Å². The van der Waals surface area contributed by atoms with E-state index >= 15 is 0 Å². The summed E-state index contributed by atoms with van der Waals surface area (Å²) in [7, 11) is 0. The molecule has 30 heavy (non-hydrogen) atoms. The lowest BCUT2D eigenvalue weighted by Gasteiger charge is -2.28. The molecule has 2 heterocycles. The number of hydrogen-bond donors (Lipinski definition) is 1. The minimum absolute atomic E-state index is 0.100. The van der Waals surface area contributed by atoms with E-state index in [0.29, 0.717) is 21.5 Å². The van der Waals surface area contributed by atoms with Crippen molar-refractivity contribution in [2.75, 3.05) is 0 Å². The maximum absolute atomic E-state index is 13.0. The van der Waals surface area contributed by atoms with Crippen LogP contribution >= 0.6 is 24.0 Å². The van der Waals surface area contributed by atoms with Crippen LogP contribution in [0.2, 0.25) is 0 Å². The highest BCUT2D eigenvalue weighted by Gasteiger charge is 2.33. The molecule has 158 valence electrons. The van der Waals surface area contributed by atoms with Crippen LogP contribution in [0.1, 0.15) is 63.8 Å². The van der Waals surface area contributed by atoms with Crippen molar-refractivity contribution in [3.05, 3.63) is 63.8 Å². The molecule has 1 N–H and O–H groups in total.